The molecule has 0 N–H and O–H groups in total. The van der Waals surface area contributed by atoms with Crippen LogP contribution in [0.25, 0.3) is 0 Å². The molecule has 5 heteroatoms. The zero-order valence-electron chi connectivity index (χ0n) is 10.7. The fraction of sp³-hybridized carbons (Fsp3) is 0.667. The van der Waals surface area contributed by atoms with Crippen molar-refractivity contribution in [3.8, 4) is 6.07 Å². The maximum absolute atomic E-state index is 8.87. The van der Waals surface area contributed by atoms with E-state index in [1.165, 1.54) is 0 Å². The van der Waals surface area contributed by atoms with Gasteiger partial charge in [0.2, 0.25) is 0 Å². The van der Waals surface area contributed by atoms with Gasteiger partial charge in [-0.25, -0.2) is 0 Å². The average molecular weight is 232 g/mol. The van der Waals surface area contributed by atoms with Gasteiger partial charge in [0.25, 0.3) is 0 Å². The molecule has 0 bridgehead atoms. The average Bonchev–Trinajstić information content (AvgIpc) is 2.48. The van der Waals surface area contributed by atoms with E-state index in [1.54, 1.807) is 6.21 Å². The van der Waals surface area contributed by atoms with Crippen molar-refractivity contribution in [2.75, 3.05) is 6.54 Å². The molecule has 2 heterocycles. The molecule has 0 spiro atoms. The van der Waals surface area contributed by atoms with Crippen molar-refractivity contribution >= 4 is 13.3 Å². The van der Waals surface area contributed by atoms with Gasteiger partial charge in [0, 0.05) is 18.6 Å². The minimum absolute atomic E-state index is 0.0238. The summed E-state index contributed by atoms with van der Waals surface area (Å²) in [6.45, 7) is 8.70. The first kappa shape index (κ1) is 12.3. The van der Waals surface area contributed by atoms with Gasteiger partial charge in [0.05, 0.1) is 16.8 Å². The zero-order valence-corrected chi connectivity index (χ0v) is 10.7. The quantitative estimate of drug-likeness (QED) is 0.649. The fourth-order valence-electron chi connectivity index (χ4n) is 1.89. The van der Waals surface area contributed by atoms with Crippen LogP contribution in [-0.4, -0.2) is 31.1 Å². The molecule has 0 aromatic carbocycles. The third-order valence-electron chi connectivity index (χ3n) is 3.69. The zero-order chi connectivity index (χ0) is 12.7. The van der Waals surface area contributed by atoms with Crippen LogP contribution in [0.5, 0.6) is 0 Å². The molecule has 2 aliphatic rings. The lowest BCUT2D eigenvalue weighted by Crippen LogP contribution is -2.41. The Labute approximate surface area is 102 Å². The summed E-state index contributed by atoms with van der Waals surface area (Å²) in [5.74, 6) is 0.0238. The van der Waals surface area contributed by atoms with Gasteiger partial charge in [0.15, 0.2) is 0 Å². The Kier molecular flexibility index (Phi) is 2.88. The summed E-state index contributed by atoms with van der Waals surface area (Å²) >= 11 is 0. The molecule has 1 unspecified atom stereocenters. The summed E-state index contributed by atoms with van der Waals surface area (Å²) in [7, 11) is -0.319. The van der Waals surface area contributed by atoms with Crippen LogP contribution in [0.15, 0.2) is 16.6 Å². The highest BCUT2D eigenvalue weighted by atomic mass is 16.7. The van der Waals surface area contributed by atoms with Gasteiger partial charge in [-0.3, -0.25) is 4.99 Å². The summed E-state index contributed by atoms with van der Waals surface area (Å²) in [5, 5.41) is 8.87. The number of aliphatic imine (C=N–C) groups is 1. The second-order valence-electron chi connectivity index (χ2n) is 5.52. The van der Waals surface area contributed by atoms with Crippen LogP contribution in [0.1, 0.15) is 27.7 Å². The minimum atomic E-state index is -0.334. The first-order chi connectivity index (χ1) is 7.86. The lowest BCUT2D eigenvalue weighted by molar-refractivity contribution is 0.00578. The number of allylic oxidation sites excluding steroid dienone is 1. The molecule has 1 atom stereocenters. The summed E-state index contributed by atoms with van der Waals surface area (Å²) in [4.78, 5) is 4.18. The van der Waals surface area contributed by atoms with Crippen LogP contribution in [0.4, 0.5) is 0 Å². The molecule has 0 aliphatic carbocycles. The Morgan fingerprint density at radius 1 is 1.35 bits per heavy atom. The maximum atomic E-state index is 8.87. The standard InChI is InChI=1S/C12H17BN2O2/c1-11(2)12(3,4)17-13(16-11)10-5-9(6-14)7-15-8-10/h5,7,10H,8H2,1-4H3. The third kappa shape index (κ3) is 2.15. The monoisotopic (exact) mass is 232 g/mol. The third-order valence-corrected chi connectivity index (χ3v) is 3.69. The molecule has 0 saturated carbocycles. The minimum Gasteiger partial charge on any atom is -0.403 e. The van der Waals surface area contributed by atoms with Crippen LogP contribution in [0.3, 0.4) is 0 Å². The van der Waals surface area contributed by atoms with Crippen molar-refractivity contribution in [1.29, 1.82) is 5.26 Å². The predicted molar refractivity (Wildman–Crippen MR) is 66.9 cm³/mol. The molecule has 2 rings (SSSR count). The number of nitriles is 1. The van der Waals surface area contributed by atoms with E-state index >= 15 is 0 Å². The molecule has 1 saturated heterocycles. The smallest absolute Gasteiger partial charge is 0.403 e. The van der Waals surface area contributed by atoms with Gasteiger partial charge in [-0.15, -0.1) is 0 Å². The number of rotatable bonds is 1. The Balaban J connectivity index is 2.15. The molecule has 2 aliphatic heterocycles. The summed E-state index contributed by atoms with van der Waals surface area (Å²) in [6, 6.07) is 2.10. The van der Waals surface area contributed by atoms with E-state index in [9.17, 15) is 0 Å². The van der Waals surface area contributed by atoms with E-state index in [-0.39, 0.29) is 24.1 Å². The Morgan fingerprint density at radius 2 is 1.94 bits per heavy atom. The van der Waals surface area contributed by atoms with E-state index in [0.717, 1.165) is 0 Å². The van der Waals surface area contributed by atoms with E-state index in [1.807, 2.05) is 33.8 Å². The first-order valence-corrected chi connectivity index (χ1v) is 5.83. The van der Waals surface area contributed by atoms with Crippen LogP contribution in [-0.2, 0) is 9.31 Å². The van der Waals surface area contributed by atoms with Gasteiger partial charge >= 0.3 is 7.12 Å². The molecule has 17 heavy (non-hydrogen) atoms. The largest absolute Gasteiger partial charge is 0.467 e. The first-order valence-electron chi connectivity index (χ1n) is 5.83. The Bertz CT molecular complexity index is 405. The molecule has 0 amide bonds. The molecular formula is C12H17BN2O2. The molecular weight excluding hydrogens is 215 g/mol. The van der Waals surface area contributed by atoms with E-state index in [2.05, 4.69) is 11.1 Å². The van der Waals surface area contributed by atoms with Crippen molar-refractivity contribution in [3.05, 3.63) is 11.6 Å². The van der Waals surface area contributed by atoms with E-state index < -0.39 is 0 Å². The second kappa shape index (κ2) is 3.97. The van der Waals surface area contributed by atoms with Crippen LogP contribution < -0.4 is 0 Å². The summed E-state index contributed by atoms with van der Waals surface area (Å²) in [6.07, 6.45) is 3.48. The van der Waals surface area contributed by atoms with Crippen molar-refractivity contribution in [1.82, 2.24) is 0 Å². The normalized spacial score (nSPS) is 29.9. The highest BCUT2D eigenvalue weighted by Gasteiger charge is 2.53. The van der Waals surface area contributed by atoms with Gasteiger partial charge in [-0.2, -0.15) is 5.26 Å². The molecule has 0 radical (unpaired) electrons. The number of hydrogen-bond acceptors (Lipinski definition) is 4. The summed E-state index contributed by atoms with van der Waals surface area (Å²) < 4.78 is 11.9. The van der Waals surface area contributed by atoms with Crippen LogP contribution in [0, 0.1) is 11.3 Å². The Hall–Kier alpha value is -1.12. The van der Waals surface area contributed by atoms with Crippen molar-refractivity contribution in [3.63, 3.8) is 0 Å². The fourth-order valence-corrected chi connectivity index (χ4v) is 1.89. The highest BCUT2D eigenvalue weighted by Crippen LogP contribution is 2.40. The molecule has 90 valence electrons. The van der Waals surface area contributed by atoms with E-state index in [0.29, 0.717) is 12.1 Å². The van der Waals surface area contributed by atoms with Crippen LogP contribution in [0.2, 0.25) is 5.82 Å². The summed E-state index contributed by atoms with van der Waals surface area (Å²) in [5.41, 5.74) is -0.0881. The SMILES string of the molecule is CC1(C)OB(C2C=C(C#N)C=NC2)OC1(C)C. The maximum Gasteiger partial charge on any atom is 0.467 e. The topological polar surface area (TPSA) is 54.6 Å². The lowest BCUT2D eigenvalue weighted by Gasteiger charge is -2.32. The highest BCUT2D eigenvalue weighted by molar-refractivity contribution is 6.48. The second-order valence-corrected chi connectivity index (χ2v) is 5.52. The molecule has 1 fully saturated rings. The van der Waals surface area contributed by atoms with Crippen molar-refractivity contribution in [2.24, 2.45) is 4.99 Å². The van der Waals surface area contributed by atoms with Gasteiger partial charge in [0.1, 0.15) is 6.07 Å². The van der Waals surface area contributed by atoms with Gasteiger partial charge in [-0.05, 0) is 27.7 Å². The number of dihydropyridines is 1. The van der Waals surface area contributed by atoms with Crippen molar-refractivity contribution < 1.29 is 9.31 Å². The lowest BCUT2D eigenvalue weighted by atomic mass is 9.70. The van der Waals surface area contributed by atoms with Crippen LogP contribution >= 0.6 is 0 Å². The molecule has 0 aromatic heterocycles. The number of nitrogens with zero attached hydrogens (tertiary/aromatic N) is 2. The van der Waals surface area contributed by atoms with Crippen molar-refractivity contribution in [2.45, 2.75) is 44.7 Å². The predicted octanol–water partition coefficient (Wildman–Crippen LogP) is 1.98. The molecule has 4 nitrogen and oxygen atoms in total. The van der Waals surface area contributed by atoms with E-state index in [4.69, 9.17) is 14.6 Å². The van der Waals surface area contributed by atoms with Gasteiger partial charge < -0.3 is 9.31 Å². The molecule has 0 aromatic rings. The van der Waals surface area contributed by atoms with Gasteiger partial charge in [-0.1, -0.05) is 6.08 Å². The number of hydrogen-bond donors (Lipinski definition) is 0. The Morgan fingerprint density at radius 3 is 2.47 bits per heavy atom.